The van der Waals surface area contributed by atoms with Crippen LogP contribution in [0.5, 0.6) is 5.75 Å². The highest BCUT2D eigenvalue weighted by Crippen LogP contribution is 2.27. The Hall–Kier alpha value is -1.71. The third kappa shape index (κ3) is 4.34. The number of carbonyl (C=O) groups excluding carboxylic acids is 1. The number of carbonyl (C=O) groups is 1. The number of nitrogen functional groups attached to an aromatic ring is 1. The predicted octanol–water partition coefficient (Wildman–Crippen LogP) is 2.80. The first-order valence-electron chi connectivity index (χ1n) is 5.99. The smallest absolute Gasteiger partial charge is 0.224 e. The van der Waals surface area contributed by atoms with Crippen molar-refractivity contribution in [2.24, 2.45) is 0 Å². The summed E-state index contributed by atoms with van der Waals surface area (Å²) in [4.78, 5) is 11.6. The molecule has 0 aliphatic heterocycles. The molecule has 0 saturated carbocycles. The van der Waals surface area contributed by atoms with Crippen molar-refractivity contribution >= 4 is 17.3 Å². The predicted molar refractivity (Wildman–Crippen MR) is 70.2 cm³/mol. The van der Waals surface area contributed by atoms with E-state index in [-0.39, 0.29) is 5.91 Å². The van der Waals surface area contributed by atoms with Gasteiger partial charge in [-0.1, -0.05) is 13.3 Å². The highest BCUT2D eigenvalue weighted by atomic mass is 16.5. The molecule has 1 rings (SSSR count). The van der Waals surface area contributed by atoms with Crippen molar-refractivity contribution in [2.75, 3.05) is 17.7 Å². The Morgan fingerprint density at radius 3 is 2.82 bits per heavy atom. The third-order valence-electron chi connectivity index (χ3n) is 2.34. The zero-order valence-corrected chi connectivity index (χ0v) is 10.5. The van der Waals surface area contributed by atoms with Gasteiger partial charge in [0, 0.05) is 18.2 Å². The lowest BCUT2D eigenvalue weighted by Crippen LogP contribution is -2.12. The van der Waals surface area contributed by atoms with Gasteiger partial charge in [0.05, 0.1) is 12.3 Å². The van der Waals surface area contributed by atoms with Gasteiger partial charge in [-0.25, -0.2) is 0 Å². The molecule has 4 heteroatoms. The van der Waals surface area contributed by atoms with Crippen LogP contribution < -0.4 is 15.8 Å². The van der Waals surface area contributed by atoms with E-state index in [1.807, 2.05) is 6.92 Å². The van der Waals surface area contributed by atoms with Crippen LogP contribution in [0.2, 0.25) is 0 Å². The monoisotopic (exact) mass is 236 g/mol. The van der Waals surface area contributed by atoms with Gasteiger partial charge in [0.15, 0.2) is 0 Å². The molecule has 1 aromatic carbocycles. The molecule has 0 radical (unpaired) electrons. The fourth-order valence-corrected chi connectivity index (χ4v) is 1.47. The molecule has 0 aliphatic carbocycles. The SMILES string of the molecule is CCCCC(=O)Nc1ccc(N)cc1OCC. The number of unbranched alkanes of at least 4 members (excludes halogenated alkanes) is 1. The highest BCUT2D eigenvalue weighted by Gasteiger charge is 2.07. The van der Waals surface area contributed by atoms with Crippen LogP contribution in [-0.2, 0) is 4.79 Å². The lowest BCUT2D eigenvalue weighted by molar-refractivity contribution is -0.116. The lowest BCUT2D eigenvalue weighted by atomic mass is 10.2. The molecular weight excluding hydrogens is 216 g/mol. The molecule has 17 heavy (non-hydrogen) atoms. The zero-order chi connectivity index (χ0) is 12.7. The topological polar surface area (TPSA) is 64.4 Å². The summed E-state index contributed by atoms with van der Waals surface area (Å²) in [7, 11) is 0. The van der Waals surface area contributed by atoms with E-state index in [1.54, 1.807) is 18.2 Å². The average molecular weight is 236 g/mol. The van der Waals surface area contributed by atoms with Crippen molar-refractivity contribution in [3.63, 3.8) is 0 Å². The summed E-state index contributed by atoms with van der Waals surface area (Å²) in [5.74, 6) is 0.634. The van der Waals surface area contributed by atoms with Crippen molar-refractivity contribution < 1.29 is 9.53 Å². The van der Waals surface area contributed by atoms with Crippen LogP contribution in [-0.4, -0.2) is 12.5 Å². The van der Waals surface area contributed by atoms with E-state index < -0.39 is 0 Å². The van der Waals surface area contributed by atoms with Crippen molar-refractivity contribution in [3.05, 3.63) is 18.2 Å². The standard InChI is InChI=1S/C13H20N2O2/c1-3-5-6-13(16)15-11-8-7-10(14)9-12(11)17-4-2/h7-9H,3-6,14H2,1-2H3,(H,15,16). The molecule has 0 atom stereocenters. The van der Waals surface area contributed by atoms with Crippen LogP contribution in [0.25, 0.3) is 0 Å². The Bertz CT molecular complexity index is 378. The van der Waals surface area contributed by atoms with E-state index in [1.165, 1.54) is 0 Å². The van der Waals surface area contributed by atoms with E-state index >= 15 is 0 Å². The molecule has 0 saturated heterocycles. The van der Waals surface area contributed by atoms with Crippen molar-refractivity contribution in [1.29, 1.82) is 0 Å². The minimum atomic E-state index is 0.0116. The first-order chi connectivity index (χ1) is 8.17. The summed E-state index contributed by atoms with van der Waals surface area (Å²) in [6.45, 7) is 4.50. The quantitative estimate of drug-likeness (QED) is 0.746. The molecule has 0 spiro atoms. The summed E-state index contributed by atoms with van der Waals surface area (Å²) in [5, 5.41) is 2.84. The molecule has 0 bridgehead atoms. The van der Waals surface area contributed by atoms with Crippen LogP contribution in [0, 0.1) is 0 Å². The maximum absolute atomic E-state index is 11.6. The van der Waals surface area contributed by atoms with Gasteiger partial charge in [-0.3, -0.25) is 4.79 Å². The molecule has 0 heterocycles. The van der Waals surface area contributed by atoms with Gasteiger partial charge in [-0.15, -0.1) is 0 Å². The van der Waals surface area contributed by atoms with Gasteiger partial charge in [0.1, 0.15) is 5.75 Å². The summed E-state index contributed by atoms with van der Waals surface area (Å²) < 4.78 is 5.43. The molecule has 0 aliphatic rings. The minimum Gasteiger partial charge on any atom is -0.492 e. The van der Waals surface area contributed by atoms with E-state index in [4.69, 9.17) is 10.5 Å². The van der Waals surface area contributed by atoms with Crippen molar-refractivity contribution in [3.8, 4) is 5.75 Å². The zero-order valence-electron chi connectivity index (χ0n) is 10.5. The molecule has 4 nitrogen and oxygen atoms in total. The average Bonchev–Trinajstić information content (AvgIpc) is 2.30. The number of benzene rings is 1. The molecule has 0 fully saturated rings. The van der Waals surface area contributed by atoms with Gasteiger partial charge < -0.3 is 15.8 Å². The largest absolute Gasteiger partial charge is 0.492 e. The van der Waals surface area contributed by atoms with Crippen molar-refractivity contribution in [2.45, 2.75) is 33.1 Å². The number of nitrogens with one attached hydrogen (secondary N) is 1. The number of hydrogen-bond acceptors (Lipinski definition) is 3. The summed E-state index contributed by atoms with van der Waals surface area (Å²) in [6.07, 6.45) is 2.44. The van der Waals surface area contributed by atoms with Gasteiger partial charge in [-0.2, -0.15) is 0 Å². The van der Waals surface area contributed by atoms with Crippen LogP contribution in [0.1, 0.15) is 33.1 Å². The van der Waals surface area contributed by atoms with E-state index in [0.29, 0.717) is 30.2 Å². The Balaban J connectivity index is 2.72. The fourth-order valence-electron chi connectivity index (χ4n) is 1.47. The molecule has 1 amide bonds. The van der Waals surface area contributed by atoms with E-state index in [0.717, 1.165) is 12.8 Å². The summed E-state index contributed by atoms with van der Waals surface area (Å²) in [6, 6.07) is 5.24. The van der Waals surface area contributed by atoms with Gasteiger partial charge in [0.25, 0.3) is 0 Å². The normalized spacial score (nSPS) is 10.0. The molecule has 0 unspecified atom stereocenters. The van der Waals surface area contributed by atoms with E-state index in [9.17, 15) is 4.79 Å². The number of hydrogen-bond donors (Lipinski definition) is 2. The van der Waals surface area contributed by atoms with E-state index in [2.05, 4.69) is 12.2 Å². The maximum Gasteiger partial charge on any atom is 0.224 e. The Morgan fingerprint density at radius 1 is 1.41 bits per heavy atom. The van der Waals surface area contributed by atoms with Crippen molar-refractivity contribution in [1.82, 2.24) is 0 Å². The summed E-state index contributed by atoms with van der Waals surface area (Å²) in [5.41, 5.74) is 6.98. The second-order valence-electron chi connectivity index (χ2n) is 3.84. The molecule has 1 aromatic rings. The number of rotatable bonds is 6. The van der Waals surface area contributed by atoms with Crippen LogP contribution in [0.4, 0.5) is 11.4 Å². The lowest BCUT2D eigenvalue weighted by Gasteiger charge is -2.12. The third-order valence-corrected chi connectivity index (χ3v) is 2.34. The highest BCUT2D eigenvalue weighted by molar-refractivity contribution is 5.92. The number of amides is 1. The molecule has 3 N–H and O–H groups in total. The fraction of sp³-hybridized carbons (Fsp3) is 0.462. The molecule has 0 aromatic heterocycles. The second kappa shape index (κ2) is 6.78. The molecular formula is C13H20N2O2. The van der Waals surface area contributed by atoms with Crippen LogP contribution in [0.15, 0.2) is 18.2 Å². The first kappa shape index (κ1) is 13.4. The molecule has 94 valence electrons. The van der Waals surface area contributed by atoms with Crippen LogP contribution >= 0.6 is 0 Å². The van der Waals surface area contributed by atoms with Gasteiger partial charge >= 0.3 is 0 Å². The Kier molecular flexibility index (Phi) is 5.33. The minimum absolute atomic E-state index is 0.0116. The Morgan fingerprint density at radius 2 is 2.18 bits per heavy atom. The van der Waals surface area contributed by atoms with Gasteiger partial charge in [-0.05, 0) is 25.5 Å². The maximum atomic E-state index is 11.6. The first-order valence-corrected chi connectivity index (χ1v) is 5.99. The number of ether oxygens (including phenoxy) is 1. The van der Waals surface area contributed by atoms with Crippen LogP contribution in [0.3, 0.4) is 0 Å². The second-order valence-corrected chi connectivity index (χ2v) is 3.84. The summed E-state index contributed by atoms with van der Waals surface area (Å²) >= 11 is 0. The van der Waals surface area contributed by atoms with Gasteiger partial charge in [0.2, 0.25) is 5.91 Å². The number of anilines is 2. The number of nitrogens with two attached hydrogens (primary N) is 1. The Labute approximate surface area is 102 Å².